The van der Waals surface area contributed by atoms with Crippen molar-refractivity contribution >= 4 is 10.4 Å². The van der Waals surface area contributed by atoms with Crippen LogP contribution in [-0.2, 0) is 14.6 Å². The minimum absolute atomic E-state index is 0.0428. The summed E-state index contributed by atoms with van der Waals surface area (Å²) in [5.41, 5.74) is 0. The third-order valence-corrected chi connectivity index (χ3v) is 5.68. The van der Waals surface area contributed by atoms with Crippen LogP contribution in [0.15, 0.2) is 12.2 Å². The van der Waals surface area contributed by atoms with Crippen molar-refractivity contribution in [2.24, 2.45) is 5.92 Å². The molecule has 0 fully saturated rings. The van der Waals surface area contributed by atoms with Crippen LogP contribution in [0, 0.1) is 5.92 Å². The highest BCUT2D eigenvalue weighted by Crippen LogP contribution is 2.16. The Morgan fingerprint density at radius 3 is 1.71 bits per heavy atom. The zero-order valence-corrected chi connectivity index (χ0v) is 19.4. The first-order valence-corrected chi connectivity index (χ1v) is 13.1. The first-order chi connectivity index (χ1) is 13.5. The van der Waals surface area contributed by atoms with Crippen molar-refractivity contribution in [1.82, 2.24) is 0 Å². The van der Waals surface area contributed by atoms with Gasteiger partial charge in [0.05, 0.1) is 6.61 Å². The van der Waals surface area contributed by atoms with E-state index in [1.54, 1.807) is 0 Å². The van der Waals surface area contributed by atoms with Crippen LogP contribution in [0.25, 0.3) is 0 Å². The fourth-order valence-corrected chi connectivity index (χ4v) is 3.80. The molecule has 0 heterocycles. The second-order valence-electron chi connectivity index (χ2n) is 8.07. The molecule has 0 aromatic heterocycles. The topological polar surface area (TPSA) is 63.6 Å². The van der Waals surface area contributed by atoms with Gasteiger partial charge in [-0.25, -0.2) is 4.18 Å². The second kappa shape index (κ2) is 19.9. The lowest BCUT2D eigenvalue weighted by Gasteiger charge is -2.12. The van der Waals surface area contributed by atoms with Crippen LogP contribution < -0.4 is 0 Å². The Kier molecular flexibility index (Phi) is 19.6. The Labute approximate surface area is 175 Å². The van der Waals surface area contributed by atoms with E-state index in [1.807, 2.05) is 0 Å². The van der Waals surface area contributed by atoms with Crippen molar-refractivity contribution in [3.8, 4) is 0 Å². The van der Waals surface area contributed by atoms with Crippen LogP contribution in [0.5, 0.6) is 0 Å². The molecule has 4 nitrogen and oxygen atoms in total. The number of rotatable bonds is 21. The van der Waals surface area contributed by atoms with Crippen molar-refractivity contribution in [2.75, 3.05) is 6.61 Å². The summed E-state index contributed by atoms with van der Waals surface area (Å²) in [6.45, 7) is 4.49. The van der Waals surface area contributed by atoms with E-state index >= 15 is 0 Å². The third-order valence-electron chi connectivity index (χ3n) is 5.24. The Hall–Kier alpha value is -0.390. The van der Waals surface area contributed by atoms with Crippen LogP contribution in [0.3, 0.4) is 0 Å². The Morgan fingerprint density at radius 2 is 1.21 bits per heavy atom. The van der Waals surface area contributed by atoms with Crippen LogP contribution in [0.4, 0.5) is 0 Å². The highest BCUT2D eigenvalue weighted by molar-refractivity contribution is 7.80. The average Bonchev–Trinajstić information content (AvgIpc) is 2.65. The summed E-state index contributed by atoms with van der Waals surface area (Å²) >= 11 is 0. The van der Waals surface area contributed by atoms with Gasteiger partial charge < -0.3 is 0 Å². The molecule has 28 heavy (non-hydrogen) atoms. The van der Waals surface area contributed by atoms with Gasteiger partial charge >= 0.3 is 10.4 Å². The highest BCUT2D eigenvalue weighted by Gasteiger charge is 2.11. The molecule has 0 radical (unpaired) electrons. The summed E-state index contributed by atoms with van der Waals surface area (Å²) < 4.78 is 35.1. The fraction of sp³-hybridized carbons (Fsp3) is 0.913. The maximum atomic E-state index is 10.8. The van der Waals surface area contributed by atoms with E-state index in [-0.39, 0.29) is 12.5 Å². The predicted octanol–water partition coefficient (Wildman–Crippen LogP) is 7.65. The van der Waals surface area contributed by atoms with Crippen LogP contribution >= 0.6 is 0 Å². The van der Waals surface area contributed by atoms with E-state index in [0.29, 0.717) is 0 Å². The lowest BCUT2D eigenvalue weighted by atomic mass is 10.00. The highest BCUT2D eigenvalue weighted by atomic mass is 32.3. The minimum Gasteiger partial charge on any atom is -0.264 e. The molecule has 0 saturated carbocycles. The van der Waals surface area contributed by atoms with Gasteiger partial charge in [0, 0.05) is 5.92 Å². The Balaban J connectivity index is 3.84. The van der Waals surface area contributed by atoms with E-state index < -0.39 is 10.4 Å². The second-order valence-corrected chi connectivity index (χ2v) is 9.17. The van der Waals surface area contributed by atoms with Gasteiger partial charge in [-0.3, -0.25) is 4.55 Å². The number of hydrogen-bond acceptors (Lipinski definition) is 3. The number of hydrogen-bond donors (Lipinski definition) is 1. The van der Waals surface area contributed by atoms with Crippen molar-refractivity contribution in [3.05, 3.63) is 12.2 Å². The molecule has 0 aromatic rings. The maximum absolute atomic E-state index is 10.8. The SMILES string of the molecule is CCCCCCCCCCCC/C=C/C(CCCCCCC)COS(=O)(=O)O. The average molecular weight is 419 g/mol. The monoisotopic (exact) mass is 418 g/mol. The molecular formula is C23H46O4S. The van der Waals surface area contributed by atoms with Gasteiger partial charge in [-0.1, -0.05) is 116 Å². The molecule has 1 unspecified atom stereocenters. The quantitative estimate of drug-likeness (QED) is 0.118. The molecule has 0 aromatic carbocycles. The first kappa shape index (κ1) is 27.6. The molecule has 1 N–H and O–H groups in total. The molecule has 168 valence electrons. The number of unbranched alkanes of at least 4 members (excludes halogenated alkanes) is 14. The molecule has 0 aliphatic rings. The smallest absolute Gasteiger partial charge is 0.264 e. The van der Waals surface area contributed by atoms with Gasteiger partial charge in [0.25, 0.3) is 0 Å². The number of allylic oxidation sites excluding steroid dienone is 1. The van der Waals surface area contributed by atoms with E-state index in [4.69, 9.17) is 4.55 Å². The third kappa shape index (κ3) is 21.9. The molecule has 1 atom stereocenters. The van der Waals surface area contributed by atoms with E-state index in [1.165, 1.54) is 89.9 Å². The van der Waals surface area contributed by atoms with Crippen molar-refractivity contribution in [1.29, 1.82) is 0 Å². The van der Waals surface area contributed by atoms with E-state index in [9.17, 15) is 8.42 Å². The minimum atomic E-state index is -4.35. The van der Waals surface area contributed by atoms with Crippen molar-refractivity contribution in [2.45, 2.75) is 123 Å². The Morgan fingerprint density at radius 1 is 0.750 bits per heavy atom. The van der Waals surface area contributed by atoms with Gasteiger partial charge in [-0.15, -0.1) is 0 Å². The maximum Gasteiger partial charge on any atom is 0.397 e. The van der Waals surface area contributed by atoms with Gasteiger partial charge in [0.15, 0.2) is 0 Å². The van der Waals surface area contributed by atoms with Gasteiger partial charge in [-0.2, -0.15) is 8.42 Å². The summed E-state index contributed by atoms with van der Waals surface area (Å²) in [4.78, 5) is 0. The van der Waals surface area contributed by atoms with Crippen molar-refractivity contribution in [3.63, 3.8) is 0 Å². The molecule has 0 rings (SSSR count). The van der Waals surface area contributed by atoms with Crippen molar-refractivity contribution < 1.29 is 17.2 Å². The Bertz CT molecular complexity index is 446. The molecule has 0 spiro atoms. The summed E-state index contributed by atoms with van der Waals surface area (Å²) in [5, 5.41) is 0. The molecule has 5 heteroatoms. The lowest BCUT2D eigenvalue weighted by molar-refractivity contribution is 0.234. The summed E-state index contributed by atoms with van der Waals surface area (Å²) in [7, 11) is -4.35. The van der Waals surface area contributed by atoms with Gasteiger partial charge in [0.2, 0.25) is 0 Å². The molecule has 0 saturated heterocycles. The van der Waals surface area contributed by atoms with Crippen LogP contribution in [-0.4, -0.2) is 19.6 Å². The molecule has 0 aliphatic heterocycles. The van der Waals surface area contributed by atoms with Gasteiger partial charge in [-0.05, 0) is 19.3 Å². The van der Waals surface area contributed by atoms with Crippen LogP contribution in [0.1, 0.15) is 123 Å². The fourth-order valence-electron chi connectivity index (χ4n) is 3.46. The van der Waals surface area contributed by atoms with Gasteiger partial charge in [0.1, 0.15) is 0 Å². The van der Waals surface area contributed by atoms with Crippen LogP contribution in [0.2, 0.25) is 0 Å². The van der Waals surface area contributed by atoms with E-state index in [0.717, 1.165) is 19.3 Å². The normalized spacial score (nSPS) is 13.4. The van der Waals surface area contributed by atoms with E-state index in [2.05, 4.69) is 30.2 Å². The summed E-state index contributed by atoms with van der Waals surface area (Å²) in [6.07, 6.45) is 25.5. The predicted molar refractivity (Wildman–Crippen MR) is 120 cm³/mol. The zero-order valence-electron chi connectivity index (χ0n) is 18.5. The lowest BCUT2D eigenvalue weighted by Crippen LogP contribution is -2.12. The largest absolute Gasteiger partial charge is 0.397 e. The molecule has 0 bridgehead atoms. The molecule has 0 aliphatic carbocycles. The standard InChI is InChI=1S/C23H46O4S/c1-3-5-7-9-10-11-12-13-14-15-17-19-21-23(22-27-28(24,25)26)20-18-16-8-6-4-2/h19,21,23H,3-18,20,22H2,1-2H3,(H,24,25,26)/b21-19+. The summed E-state index contributed by atoms with van der Waals surface area (Å²) in [5.74, 6) is 0.0617. The first-order valence-electron chi connectivity index (χ1n) is 11.8. The zero-order chi connectivity index (χ0) is 20.9. The molecular weight excluding hydrogens is 372 g/mol. The summed E-state index contributed by atoms with van der Waals surface area (Å²) in [6, 6.07) is 0. The molecule has 0 amide bonds.